The van der Waals surface area contributed by atoms with Crippen LogP contribution in [-0.4, -0.2) is 8.42 Å². The van der Waals surface area contributed by atoms with Crippen molar-refractivity contribution in [3.05, 3.63) is 54.6 Å². The zero-order chi connectivity index (χ0) is 13.9. The van der Waals surface area contributed by atoms with Gasteiger partial charge in [-0.25, -0.2) is 13.6 Å². The van der Waals surface area contributed by atoms with Gasteiger partial charge in [0.15, 0.2) is 0 Å². The van der Waals surface area contributed by atoms with E-state index in [0.717, 1.165) is 26.9 Å². The molecule has 0 heterocycles. The zero-order valence-electron chi connectivity index (χ0n) is 10.5. The minimum absolute atomic E-state index is 0.184. The molecule has 0 fully saturated rings. The molecule has 3 nitrogen and oxygen atoms in total. The average Bonchev–Trinajstić information content (AvgIpc) is 2.43. The number of benzene rings is 4. The number of rotatable bonds is 1. The molecule has 0 amide bonds. The molecule has 0 bridgehead atoms. The van der Waals surface area contributed by atoms with Gasteiger partial charge in [0, 0.05) is 5.39 Å². The molecule has 4 rings (SSSR count). The zero-order valence-corrected chi connectivity index (χ0v) is 11.3. The van der Waals surface area contributed by atoms with Crippen molar-refractivity contribution < 1.29 is 8.42 Å². The lowest BCUT2D eigenvalue weighted by Gasteiger charge is -2.12. The third kappa shape index (κ3) is 1.46. The summed E-state index contributed by atoms with van der Waals surface area (Å²) >= 11 is 0. The van der Waals surface area contributed by atoms with Crippen LogP contribution in [0.15, 0.2) is 59.5 Å². The van der Waals surface area contributed by atoms with Crippen molar-refractivity contribution in [2.75, 3.05) is 0 Å². The number of hydrogen-bond acceptors (Lipinski definition) is 2. The first-order valence-corrected chi connectivity index (χ1v) is 7.80. The van der Waals surface area contributed by atoms with Gasteiger partial charge in [-0.2, -0.15) is 0 Å². The maximum absolute atomic E-state index is 11.8. The second-order valence-corrected chi connectivity index (χ2v) is 6.49. The van der Waals surface area contributed by atoms with Crippen molar-refractivity contribution in [3.63, 3.8) is 0 Å². The molecular weight excluding hydrogens is 270 g/mol. The Bertz CT molecular complexity index is 1050. The first kappa shape index (κ1) is 11.6. The Labute approximate surface area is 116 Å². The Morgan fingerprint density at radius 1 is 0.700 bits per heavy atom. The SMILES string of the molecule is NS(=O)(=O)c1ccc2ccc3cccc4ccc1c2c34. The van der Waals surface area contributed by atoms with E-state index in [1.807, 2.05) is 42.5 Å². The Kier molecular flexibility index (Phi) is 2.14. The summed E-state index contributed by atoms with van der Waals surface area (Å²) in [4.78, 5) is 0.184. The van der Waals surface area contributed by atoms with Crippen LogP contribution in [0, 0.1) is 0 Å². The van der Waals surface area contributed by atoms with E-state index >= 15 is 0 Å². The summed E-state index contributed by atoms with van der Waals surface area (Å²) in [6, 6.07) is 17.3. The van der Waals surface area contributed by atoms with Gasteiger partial charge in [-0.3, -0.25) is 0 Å². The lowest BCUT2D eigenvalue weighted by molar-refractivity contribution is 0.598. The molecule has 0 aromatic heterocycles. The number of nitrogens with two attached hydrogens (primary N) is 1. The number of hydrogen-bond donors (Lipinski definition) is 1. The highest BCUT2D eigenvalue weighted by molar-refractivity contribution is 7.89. The van der Waals surface area contributed by atoms with E-state index in [1.54, 1.807) is 6.07 Å². The third-order valence-electron chi connectivity index (χ3n) is 3.80. The van der Waals surface area contributed by atoms with Gasteiger partial charge < -0.3 is 0 Å². The maximum Gasteiger partial charge on any atom is 0.238 e. The normalized spacial score (nSPS) is 12.7. The van der Waals surface area contributed by atoms with E-state index in [1.165, 1.54) is 0 Å². The molecule has 2 N–H and O–H groups in total. The summed E-state index contributed by atoms with van der Waals surface area (Å²) in [5, 5.41) is 11.3. The van der Waals surface area contributed by atoms with E-state index in [0.29, 0.717) is 5.39 Å². The van der Waals surface area contributed by atoms with E-state index in [4.69, 9.17) is 5.14 Å². The monoisotopic (exact) mass is 281 g/mol. The van der Waals surface area contributed by atoms with Crippen LogP contribution in [0.3, 0.4) is 0 Å². The standard InChI is InChI=1S/C16H11NO2S/c17-20(18,19)14-9-7-12-5-4-10-2-1-3-11-6-8-13(14)16(12)15(10)11/h1-9H,(H2,17,18,19). The highest BCUT2D eigenvalue weighted by atomic mass is 32.2. The molecule has 98 valence electrons. The van der Waals surface area contributed by atoms with Gasteiger partial charge in [-0.1, -0.05) is 48.5 Å². The molecule has 0 aliphatic rings. The van der Waals surface area contributed by atoms with Crippen LogP contribution < -0.4 is 5.14 Å². The van der Waals surface area contributed by atoms with Crippen LogP contribution in [-0.2, 0) is 10.0 Å². The first-order valence-electron chi connectivity index (χ1n) is 6.25. The lowest BCUT2D eigenvalue weighted by Crippen LogP contribution is -2.12. The summed E-state index contributed by atoms with van der Waals surface area (Å²) < 4.78 is 23.5. The first-order chi connectivity index (χ1) is 9.55. The fourth-order valence-corrected chi connectivity index (χ4v) is 3.69. The molecule has 0 saturated heterocycles. The summed E-state index contributed by atoms with van der Waals surface area (Å²) in [7, 11) is -3.73. The summed E-state index contributed by atoms with van der Waals surface area (Å²) in [6.45, 7) is 0. The molecule has 0 saturated carbocycles. The highest BCUT2D eigenvalue weighted by Crippen LogP contribution is 2.36. The molecule has 0 aliphatic heterocycles. The predicted molar refractivity (Wildman–Crippen MR) is 81.5 cm³/mol. The predicted octanol–water partition coefficient (Wildman–Crippen LogP) is 3.23. The third-order valence-corrected chi connectivity index (χ3v) is 4.76. The average molecular weight is 281 g/mol. The molecule has 4 aromatic rings. The van der Waals surface area contributed by atoms with Gasteiger partial charge in [0.1, 0.15) is 0 Å². The summed E-state index contributed by atoms with van der Waals surface area (Å²) in [5.41, 5.74) is 0. The molecule has 4 heteroatoms. The van der Waals surface area contributed by atoms with Gasteiger partial charge in [0.2, 0.25) is 10.0 Å². The van der Waals surface area contributed by atoms with Crippen molar-refractivity contribution in [2.45, 2.75) is 4.90 Å². The van der Waals surface area contributed by atoms with E-state index in [-0.39, 0.29) is 4.90 Å². The van der Waals surface area contributed by atoms with Gasteiger partial charge in [-0.15, -0.1) is 0 Å². The smallest absolute Gasteiger partial charge is 0.225 e. The van der Waals surface area contributed by atoms with Crippen LogP contribution in [0.5, 0.6) is 0 Å². The van der Waals surface area contributed by atoms with Crippen LogP contribution in [0.4, 0.5) is 0 Å². The van der Waals surface area contributed by atoms with Gasteiger partial charge in [0.05, 0.1) is 4.90 Å². The van der Waals surface area contributed by atoms with Gasteiger partial charge in [0.25, 0.3) is 0 Å². The van der Waals surface area contributed by atoms with Crippen molar-refractivity contribution in [3.8, 4) is 0 Å². The van der Waals surface area contributed by atoms with Gasteiger partial charge >= 0.3 is 0 Å². The molecule has 0 unspecified atom stereocenters. The van der Waals surface area contributed by atoms with Crippen molar-refractivity contribution in [2.24, 2.45) is 5.14 Å². The number of sulfonamides is 1. The van der Waals surface area contributed by atoms with E-state index in [2.05, 4.69) is 6.07 Å². The van der Waals surface area contributed by atoms with Crippen molar-refractivity contribution in [1.29, 1.82) is 0 Å². The fraction of sp³-hybridized carbons (Fsp3) is 0. The lowest BCUT2D eigenvalue weighted by atomic mass is 9.94. The summed E-state index contributed by atoms with van der Waals surface area (Å²) in [6.07, 6.45) is 0. The van der Waals surface area contributed by atoms with E-state index < -0.39 is 10.0 Å². The van der Waals surface area contributed by atoms with Crippen LogP contribution in [0.2, 0.25) is 0 Å². The van der Waals surface area contributed by atoms with Crippen LogP contribution in [0.1, 0.15) is 0 Å². The van der Waals surface area contributed by atoms with Crippen LogP contribution in [0.25, 0.3) is 32.3 Å². The second kappa shape index (κ2) is 3.69. The molecule has 0 spiro atoms. The van der Waals surface area contributed by atoms with E-state index in [9.17, 15) is 8.42 Å². The van der Waals surface area contributed by atoms with Crippen molar-refractivity contribution >= 4 is 42.3 Å². The molecule has 0 radical (unpaired) electrons. The maximum atomic E-state index is 11.8. The second-order valence-electron chi connectivity index (χ2n) is 4.96. The quantitative estimate of drug-likeness (QED) is 0.544. The van der Waals surface area contributed by atoms with Crippen LogP contribution >= 0.6 is 0 Å². The molecule has 20 heavy (non-hydrogen) atoms. The minimum Gasteiger partial charge on any atom is -0.225 e. The Morgan fingerprint density at radius 2 is 1.25 bits per heavy atom. The Morgan fingerprint density at radius 3 is 1.90 bits per heavy atom. The molecule has 4 aromatic carbocycles. The van der Waals surface area contributed by atoms with Crippen molar-refractivity contribution in [1.82, 2.24) is 0 Å². The molecule has 0 aliphatic carbocycles. The molecule has 0 atom stereocenters. The minimum atomic E-state index is -3.73. The molecular formula is C16H11NO2S. The largest absolute Gasteiger partial charge is 0.238 e. The Balaban J connectivity index is 2.39. The fourth-order valence-electron chi connectivity index (χ4n) is 2.96. The Hall–Kier alpha value is -2.17. The summed E-state index contributed by atoms with van der Waals surface area (Å²) in [5.74, 6) is 0. The topological polar surface area (TPSA) is 60.2 Å². The number of primary sulfonamides is 1. The highest BCUT2D eigenvalue weighted by Gasteiger charge is 2.16. The van der Waals surface area contributed by atoms with Gasteiger partial charge in [-0.05, 0) is 33.0 Å².